The van der Waals surface area contributed by atoms with Crippen LogP contribution in [0.2, 0.25) is 0 Å². The number of aliphatic hydroxyl groups is 3. The van der Waals surface area contributed by atoms with Crippen LogP contribution in [0.1, 0.15) is 24.1 Å². The van der Waals surface area contributed by atoms with Crippen LogP contribution < -0.4 is 10.6 Å². The third kappa shape index (κ3) is 4.65. The van der Waals surface area contributed by atoms with Gasteiger partial charge in [-0.3, -0.25) is 0 Å². The number of benzene rings is 2. The molecule has 9 nitrogen and oxygen atoms in total. The van der Waals surface area contributed by atoms with Crippen LogP contribution in [-0.2, 0) is 6.54 Å². The second-order valence-corrected chi connectivity index (χ2v) is 9.87. The number of fused-ring (bicyclic) bond motifs is 1. The first-order chi connectivity index (χ1) is 16.9. The summed E-state index contributed by atoms with van der Waals surface area (Å²) in [6.45, 7) is 2.02. The summed E-state index contributed by atoms with van der Waals surface area (Å²) in [6.07, 6.45) is -0.423. The molecule has 0 radical (unpaired) electrons. The number of aliphatic hydroxyl groups excluding tert-OH is 2. The lowest BCUT2D eigenvalue weighted by Crippen LogP contribution is -2.48. The molecule has 182 valence electrons. The van der Waals surface area contributed by atoms with Gasteiger partial charge in [-0.05, 0) is 49.6 Å². The molecule has 5 rings (SSSR count). The number of hydrogen-bond donors (Lipinski definition) is 6. The molecule has 0 unspecified atom stereocenters. The van der Waals surface area contributed by atoms with Gasteiger partial charge in [0.2, 0.25) is 5.95 Å². The zero-order valence-corrected chi connectivity index (χ0v) is 20.0. The Morgan fingerprint density at radius 3 is 2.69 bits per heavy atom. The molecule has 2 aromatic carbocycles. The number of aromatic hydroxyl groups is 1. The van der Waals surface area contributed by atoms with Crippen LogP contribution in [0.3, 0.4) is 0 Å². The highest BCUT2D eigenvalue weighted by Crippen LogP contribution is 2.40. The maximum absolute atomic E-state index is 11.2. The number of hydrogen-bond acceptors (Lipinski definition) is 10. The van der Waals surface area contributed by atoms with Crippen LogP contribution in [0.15, 0.2) is 48.5 Å². The molecule has 0 saturated heterocycles. The predicted molar refractivity (Wildman–Crippen MR) is 135 cm³/mol. The van der Waals surface area contributed by atoms with Crippen molar-refractivity contribution in [3.8, 4) is 16.3 Å². The van der Waals surface area contributed by atoms with Gasteiger partial charge in [0.1, 0.15) is 22.7 Å². The van der Waals surface area contributed by atoms with Crippen LogP contribution in [0.4, 0.5) is 11.8 Å². The summed E-state index contributed by atoms with van der Waals surface area (Å²) in [4.78, 5) is 14.0. The van der Waals surface area contributed by atoms with E-state index in [-0.39, 0.29) is 18.8 Å². The first-order valence-corrected chi connectivity index (χ1v) is 12.2. The van der Waals surface area contributed by atoms with Crippen LogP contribution >= 0.6 is 11.3 Å². The van der Waals surface area contributed by atoms with E-state index in [1.807, 2.05) is 37.3 Å². The van der Waals surface area contributed by atoms with Crippen LogP contribution in [0.25, 0.3) is 20.8 Å². The van der Waals surface area contributed by atoms with Gasteiger partial charge in [-0.15, -0.1) is 11.3 Å². The van der Waals surface area contributed by atoms with E-state index in [0.29, 0.717) is 41.0 Å². The lowest BCUT2D eigenvalue weighted by atomic mass is 10.0. The molecule has 0 aliphatic heterocycles. The van der Waals surface area contributed by atoms with E-state index in [1.54, 1.807) is 18.2 Å². The van der Waals surface area contributed by atoms with Crippen molar-refractivity contribution < 1.29 is 20.4 Å². The van der Waals surface area contributed by atoms with Crippen molar-refractivity contribution in [1.82, 2.24) is 15.0 Å². The minimum atomic E-state index is -1.65. The van der Waals surface area contributed by atoms with E-state index in [9.17, 15) is 20.4 Å². The van der Waals surface area contributed by atoms with Gasteiger partial charge in [0.15, 0.2) is 5.72 Å². The lowest BCUT2D eigenvalue weighted by molar-refractivity contribution is -0.0545. The number of anilines is 2. The van der Waals surface area contributed by atoms with Crippen molar-refractivity contribution in [1.29, 1.82) is 0 Å². The van der Waals surface area contributed by atoms with Crippen molar-refractivity contribution in [2.24, 2.45) is 5.92 Å². The number of phenols is 1. The Hall–Kier alpha value is -3.31. The third-order valence-electron chi connectivity index (χ3n) is 6.36. The van der Waals surface area contributed by atoms with E-state index >= 15 is 0 Å². The molecule has 1 fully saturated rings. The van der Waals surface area contributed by atoms with Crippen molar-refractivity contribution in [2.75, 3.05) is 17.2 Å². The van der Waals surface area contributed by atoms with Crippen molar-refractivity contribution in [3.63, 3.8) is 0 Å². The van der Waals surface area contributed by atoms with Crippen LogP contribution in [0.5, 0.6) is 5.75 Å². The van der Waals surface area contributed by atoms with E-state index < -0.39 is 17.7 Å². The number of rotatable bonds is 7. The topological polar surface area (TPSA) is 144 Å². The number of nitrogens with zero attached hydrogens (tertiary/aromatic N) is 3. The van der Waals surface area contributed by atoms with E-state index in [0.717, 1.165) is 15.8 Å². The average molecular weight is 494 g/mol. The highest BCUT2D eigenvalue weighted by molar-refractivity contribution is 7.21. The summed E-state index contributed by atoms with van der Waals surface area (Å²) in [5.74, 6) is 0.415. The van der Waals surface area contributed by atoms with Crippen LogP contribution in [0, 0.1) is 12.8 Å². The minimum absolute atomic E-state index is 0.172. The second kappa shape index (κ2) is 9.38. The van der Waals surface area contributed by atoms with Gasteiger partial charge >= 0.3 is 0 Å². The molecule has 2 aromatic heterocycles. The molecule has 1 aliphatic rings. The Morgan fingerprint density at radius 1 is 1.11 bits per heavy atom. The van der Waals surface area contributed by atoms with E-state index in [1.165, 1.54) is 11.3 Å². The molecule has 6 N–H and O–H groups in total. The van der Waals surface area contributed by atoms with Crippen molar-refractivity contribution >= 4 is 33.3 Å². The van der Waals surface area contributed by atoms with Gasteiger partial charge in [0.25, 0.3) is 0 Å². The molecule has 10 heteroatoms. The highest BCUT2D eigenvalue weighted by Gasteiger charge is 2.47. The normalized spacial score (nSPS) is 21.9. The fraction of sp³-hybridized carbons (Fsp3) is 0.320. The summed E-state index contributed by atoms with van der Waals surface area (Å²) in [5.41, 5.74) is 1.34. The first-order valence-electron chi connectivity index (χ1n) is 11.4. The molecule has 4 aromatic rings. The molecule has 3 atom stereocenters. The molecule has 0 amide bonds. The highest BCUT2D eigenvalue weighted by atomic mass is 32.1. The van der Waals surface area contributed by atoms with Crippen LogP contribution in [-0.4, -0.2) is 53.8 Å². The molecule has 2 heterocycles. The number of nitrogens with one attached hydrogen (secondary N) is 2. The summed E-state index contributed by atoms with van der Waals surface area (Å²) >= 11 is 1.50. The fourth-order valence-corrected chi connectivity index (χ4v) is 5.52. The molecule has 35 heavy (non-hydrogen) atoms. The summed E-state index contributed by atoms with van der Waals surface area (Å²) in [5, 5.41) is 48.2. The van der Waals surface area contributed by atoms with Crippen molar-refractivity contribution in [2.45, 2.75) is 38.1 Å². The Bertz CT molecular complexity index is 1330. The Kier molecular flexibility index (Phi) is 6.28. The first kappa shape index (κ1) is 23.4. The maximum atomic E-state index is 11.2. The zero-order valence-electron chi connectivity index (χ0n) is 19.1. The summed E-state index contributed by atoms with van der Waals surface area (Å²) in [7, 11) is 0. The largest absolute Gasteiger partial charge is 0.508 e. The molecule has 0 spiro atoms. The molecular formula is C25H27N5O4S. The Balaban J connectivity index is 1.53. The molecule has 1 aliphatic carbocycles. The van der Waals surface area contributed by atoms with Gasteiger partial charge in [0, 0.05) is 19.1 Å². The molecule has 1 saturated carbocycles. The third-order valence-corrected chi connectivity index (χ3v) is 7.41. The quantitative estimate of drug-likeness (QED) is 0.214. The van der Waals surface area contributed by atoms with Gasteiger partial charge in [-0.25, -0.2) is 9.97 Å². The average Bonchev–Trinajstić information content (AvgIpc) is 3.38. The number of aromatic nitrogens is 3. The Labute approximate surface area is 206 Å². The van der Waals surface area contributed by atoms with Gasteiger partial charge in [-0.2, -0.15) is 4.98 Å². The van der Waals surface area contributed by atoms with Gasteiger partial charge in [0.05, 0.1) is 21.5 Å². The summed E-state index contributed by atoms with van der Waals surface area (Å²) in [6, 6.07) is 14.7. The Morgan fingerprint density at radius 2 is 1.94 bits per heavy atom. The van der Waals surface area contributed by atoms with Gasteiger partial charge in [-0.1, -0.05) is 24.3 Å². The van der Waals surface area contributed by atoms with E-state index in [4.69, 9.17) is 4.98 Å². The minimum Gasteiger partial charge on any atom is -0.508 e. The molecule has 0 bridgehead atoms. The molecular weight excluding hydrogens is 466 g/mol. The second-order valence-electron chi connectivity index (χ2n) is 8.84. The van der Waals surface area contributed by atoms with Crippen molar-refractivity contribution in [3.05, 3.63) is 59.8 Å². The van der Waals surface area contributed by atoms with E-state index in [2.05, 4.69) is 20.6 Å². The zero-order chi connectivity index (χ0) is 24.6. The maximum Gasteiger partial charge on any atom is 0.225 e. The number of para-hydroxylation sites is 1. The fourth-order valence-electron chi connectivity index (χ4n) is 4.46. The smallest absolute Gasteiger partial charge is 0.225 e. The lowest BCUT2D eigenvalue weighted by Gasteiger charge is -2.31. The number of phenolic OH excluding ortho intramolecular Hbond substituents is 1. The summed E-state index contributed by atoms with van der Waals surface area (Å²) < 4.78 is 1.01. The number of thiazole rings is 1. The SMILES string of the molecule is Cc1nc(NCc2cccc(O)c2)nc(N[C@@]2(O)CC[C@H](CO)[C@H]2O)c1-c1nc2ccccc2s1. The monoisotopic (exact) mass is 493 g/mol. The van der Waals surface area contributed by atoms with Gasteiger partial charge < -0.3 is 31.1 Å². The standard InChI is InChI=1S/C25H27N5O4S/c1-14-20(23-28-18-7-2-3-8-19(18)35-23)22(30-25(34)10-9-16(13-31)21(25)33)29-24(27-14)26-12-15-5-4-6-17(32)11-15/h2-8,11,16,21,31-34H,9-10,12-13H2,1H3,(H2,26,27,29,30)/t16-,21-,25-/m1/s1. The predicted octanol–water partition coefficient (Wildman–Crippen LogP) is 3.24. The number of aryl methyl sites for hydroxylation is 1.